The molecule has 0 saturated heterocycles. The molecule has 2 aromatic rings. The van der Waals surface area contributed by atoms with Gasteiger partial charge in [-0.05, 0) is 37.1 Å². The van der Waals surface area contributed by atoms with Crippen molar-refractivity contribution < 1.29 is 14.5 Å². The van der Waals surface area contributed by atoms with Gasteiger partial charge in [-0.15, -0.1) is 0 Å². The third-order valence-corrected chi connectivity index (χ3v) is 4.52. The van der Waals surface area contributed by atoms with Crippen LogP contribution in [0.5, 0.6) is 0 Å². The van der Waals surface area contributed by atoms with Gasteiger partial charge >= 0.3 is 11.7 Å². The van der Waals surface area contributed by atoms with E-state index in [0.29, 0.717) is 11.3 Å². The van der Waals surface area contributed by atoms with Gasteiger partial charge in [-0.3, -0.25) is 10.1 Å². The number of hydrogen-bond donors (Lipinski definition) is 2. The summed E-state index contributed by atoms with van der Waals surface area (Å²) in [6.45, 7) is 0. The zero-order chi connectivity index (χ0) is 19.2. The summed E-state index contributed by atoms with van der Waals surface area (Å²) in [5, 5.41) is 17.8. The van der Waals surface area contributed by atoms with Crippen LogP contribution in [-0.4, -0.2) is 34.0 Å². The highest BCUT2D eigenvalue weighted by Gasteiger charge is 2.25. The Hall–Kier alpha value is -3.23. The van der Waals surface area contributed by atoms with Crippen molar-refractivity contribution in [2.45, 2.75) is 38.1 Å². The Bertz CT molecular complexity index is 819. The number of benzene rings is 1. The van der Waals surface area contributed by atoms with Crippen LogP contribution in [0.15, 0.2) is 30.6 Å². The van der Waals surface area contributed by atoms with Crippen molar-refractivity contribution in [1.82, 2.24) is 9.97 Å². The molecule has 142 valence electrons. The monoisotopic (exact) mass is 371 g/mol. The van der Waals surface area contributed by atoms with Crippen LogP contribution < -0.4 is 10.6 Å². The maximum atomic E-state index is 11.6. The third kappa shape index (κ3) is 4.49. The Morgan fingerprint density at radius 3 is 2.44 bits per heavy atom. The second-order valence-electron chi connectivity index (χ2n) is 6.35. The molecule has 0 aliphatic heterocycles. The Balaban J connectivity index is 1.83. The summed E-state index contributed by atoms with van der Waals surface area (Å²) < 4.78 is 4.66. The van der Waals surface area contributed by atoms with Gasteiger partial charge in [0.2, 0.25) is 11.6 Å². The molecule has 27 heavy (non-hydrogen) atoms. The van der Waals surface area contributed by atoms with Crippen molar-refractivity contribution in [1.29, 1.82) is 0 Å². The summed E-state index contributed by atoms with van der Waals surface area (Å²) in [5.41, 5.74) is 0.757. The van der Waals surface area contributed by atoms with E-state index in [4.69, 9.17) is 0 Å². The fourth-order valence-corrected chi connectivity index (χ4v) is 3.13. The number of carbonyl (C=O) groups excluding carboxylic acids is 1. The van der Waals surface area contributed by atoms with Gasteiger partial charge in [0.1, 0.15) is 6.33 Å². The van der Waals surface area contributed by atoms with Gasteiger partial charge in [0.25, 0.3) is 0 Å². The molecule has 0 spiro atoms. The van der Waals surface area contributed by atoms with Crippen molar-refractivity contribution in [2.24, 2.45) is 0 Å². The van der Waals surface area contributed by atoms with Crippen LogP contribution in [0, 0.1) is 10.1 Å². The normalized spacial score (nSPS) is 14.4. The van der Waals surface area contributed by atoms with E-state index in [1.165, 1.54) is 19.9 Å². The predicted octanol–water partition coefficient (Wildman–Crippen LogP) is 3.66. The highest BCUT2D eigenvalue weighted by molar-refractivity contribution is 5.89. The lowest BCUT2D eigenvalue weighted by atomic mass is 9.95. The second-order valence-corrected chi connectivity index (χ2v) is 6.35. The summed E-state index contributed by atoms with van der Waals surface area (Å²) in [4.78, 5) is 30.8. The molecule has 0 radical (unpaired) electrons. The first-order valence-corrected chi connectivity index (χ1v) is 8.80. The summed E-state index contributed by atoms with van der Waals surface area (Å²) >= 11 is 0. The van der Waals surface area contributed by atoms with Gasteiger partial charge in [0.05, 0.1) is 17.6 Å². The summed E-state index contributed by atoms with van der Waals surface area (Å²) in [5.74, 6) is -0.136. The minimum Gasteiger partial charge on any atom is -0.465 e. The Labute approximate surface area is 156 Å². The smallest absolute Gasteiger partial charge is 0.353 e. The maximum Gasteiger partial charge on any atom is 0.353 e. The van der Waals surface area contributed by atoms with Crippen molar-refractivity contribution in [3.8, 4) is 0 Å². The highest BCUT2D eigenvalue weighted by Crippen LogP contribution is 2.33. The largest absolute Gasteiger partial charge is 0.465 e. The highest BCUT2D eigenvalue weighted by atomic mass is 16.6. The lowest BCUT2D eigenvalue weighted by Gasteiger charge is -2.23. The van der Waals surface area contributed by atoms with E-state index in [1.54, 1.807) is 24.3 Å². The summed E-state index contributed by atoms with van der Waals surface area (Å²) in [7, 11) is 1.31. The summed E-state index contributed by atoms with van der Waals surface area (Å²) in [6.07, 6.45) is 6.64. The Kier molecular flexibility index (Phi) is 5.80. The lowest BCUT2D eigenvalue weighted by Crippen LogP contribution is -2.23. The minimum absolute atomic E-state index is 0.0964. The molecule has 1 fully saturated rings. The van der Waals surface area contributed by atoms with E-state index < -0.39 is 10.9 Å². The maximum absolute atomic E-state index is 11.6. The molecule has 1 aliphatic rings. The number of nitrogens with one attached hydrogen (secondary N) is 2. The van der Waals surface area contributed by atoms with Gasteiger partial charge in [0.15, 0.2) is 0 Å². The molecule has 0 unspecified atom stereocenters. The molecule has 9 nitrogen and oxygen atoms in total. The molecule has 0 bridgehead atoms. The number of ether oxygens (including phenoxy) is 1. The van der Waals surface area contributed by atoms with Crippen molar-refractivity contribution in [3.63, 3.8) is 0 Å². The van der Waals surface area contributed by atoms with Crippen LogP contribution >= 0.6 is 0 Å². The number of carbonyl (C=O) groups is 1. The van der Waals surface area contributed by atoms with E-state index in [1.807, 2.05) is 0 Å². The number of nitrogens with zero attached hydrogens (tertiary/aromatic N) is 3. The van der Waals surface area contributed by atoms with Gasteiger partial charge in [0, 0.05) is 11.7 Å². The average molecular weight is 371 g/mol. The van der Waals surface area contributed by atoms with Gasteiger partial charge in [-0.1, -0.05) is 19.3 Å². The quantitative estimate of drug-likeness (QED) is 0.448. The molecule has 1 aromatic heterocycles. The molecule has 1 saturated carbocycles. The Morgan fingerprint density at radius 1 is 1.15 bits per heavy atom. The zero-order valence-electron chi connectivity index (χ0n) is 15.0. The number of rotatable bonds is 6. The number of methoxy groups -OCH3 is 1. The first-order valence-electron chi connectivity index (χ1n) is 8.80. The van der Waals surface area contributed by atoms with Crippen LogP contribution in [0.25, 0.3) is 0 Å². The van der Waals surface area contributed by atoms with Crippen molar-refractivity contribution >= 4 is 29.0 Å². The average Bonchev–Trinajstić information content (AvgIpc) is 2.68. The predicted molar refractivity (Wildman–Crippen MR) is 100 cm³/mol. The molecular weight excluding hydrogens is 350 g/mol. The standard InChI is InChI=1S/C18H21N5O4/c1-27-18(24)12-7-9-14(10-8-12)22-17-15(23(25)26)16(19-11-20-17)21-13-5-3-2-4-6-13/h7-11,13H,2-6H2,1H3,(H2,19,20,21,22). The lowest BCUT2D eigenvalue weighted by molar-refractivity contribution is -0.383. The molecule has 3 rings (SSSR count). The zero-order valence-corrected chi connectivity index (χ0v) is 15.0. The Morgan fingerprint density at radius 2 is 1.81 bits per heavy atom. The van der Waals surface area contributed by atoms with Gasteiger partial charge in [-0.2, -0.15) is 0 Å². The van der Waals surface area contributed by atoms with E-state index in [2.05, 4.69) is 25.3 Å². The van der Waals surface area contributed by atoms with Crippen LogP contribution in [0.4, 0.5) is 23.0 Å². The minimum atomic E-state index is -0.490. The van der Waals surface area contributed by atoms with E-state index in [9.17, 15) is 14.9 Å². The van der Waals surface area contributed by atoms with Crippen LogP contribution in [0.3, 0.4) is 0 Å². The molecule has 0 amide bonds. The first kappa shape index (κ1) is 18.6. The van der Waals surface area contributed by atoms with E-state index in [-0.39, 0.29) is 23.4 Å². The molecule has 1 aliphatic carbocycles. The van der Waals surface area contributed by atoms with E-state index in [0.717, 1.165) is 25.7 Å². The van der Waals surface area contributed by atoms with E-state index >= 15 is 0 Å². The van der Waals surface area contributed by atoms with Gasteiger partial charge < -0.3 is 15.4 Å². The van der Waals surface area contributed by atoms with Crippen molar-refractivity contribution in [2.75, 3.05) is 17.7 Å². The van der Waals surface area contributed by atoms with Crippen LogP contribution in [0.2, 0.25) is 0 Å². The fourth-order valence-electron chi connectivity index (χ4n) is 3.13. The third-order valence-electron chi connectivity index (χ3n) is 4.52. The SMILES string of the molecule is COC(=O)c1ccc(Nc2ncnc(NC3CCCCC3)c2[N+](=O)[O-])cc1. The number of nitro groups is 1. The first-order chi connectivity index (χ1) is 13.1. The number of anilines is 3. The molecule has 2 N–H and O–H groups in total. The topological polar surface area (TPSA) is 119 Å². The molecule has 1 aromatic carbocycles. The number of hydrogen-bond acceptors (Lipinski definition) is 8. The number of esters is 1. The summed E-state index contributed by atoms with van der Waals surface area (Å²) in [6, 6.07) is 6.59. The molecule has 1 heterocycles. The second kappa shape index (κ2) is 8.43. The fraction of sp³-hybridized carbons (Fsp3) is 0.389. The molecule has 0 atom stereocenters. The molecular formula is C18H21N5O4. The molecule has 9 heteroatoms. The van der Waals surface area contributed by atoms with Crippen LogP contribution in [-0.2, 0) is 4.74 Å². The van der Waals surface area contributed by atoms with Gasteiger partial charge in [-0.25, -0.2) is 14.8 Å². The van der Waals surface area contributed by atoms with Crippen LogP contribution in [0.1, 0.15) is 42.5 Å². The van der Waals surface area contributed by atoms with Crippen molar-refractivity contribution in [3.05, 3.63) is 46.3 Å². The number of aromatic nitrogens is 2.